The van der Waals surface area contributed by atoms with Crippen LogP contribution >= 0.6 is 11.3 Å². The fourth-order valence-corrected chi connectivity index (χ4v) is 9.17. The van der Waals surface area contributed by atoms with Gasteiger partial charge in [0.2, 0.25) is 5.92 Å². The lowest BCUT2D eigenvalue weighted by atomic mass is 9.79. The predicted molar refractivity (Wildman–Crippen MR) is 121 cm³/mol. The molecule has 35 heavy (non-hydrogen) atoms. The molecular formula is C23H24F5N3O2S2. The van der Waals surface area contributed by atoms with Gasteiger partial charge >= 0.3 is 6.18 Å². The number of nitrogens with one attached hydrogen (secondary N) is 1. The second kappa shape index (κ2) is 7.69. The van der Waals surface area contributed by atoms with Crippen molar-refractivity contribution >= 4 is 21.5 Å². The van der Waals surface area contributed by atoms with Crippen molar-refractivity contribution in [2.24, 2.45) is 11.8 Å². The normalized spacial score (nSPS) is 31.9. The van der Waals surface area contributed by atoms with E-state index >= 15 is 0 Å². The van der Waals surface area contributed by atoms with Gasteiger partial charge in [-0.15, -0.1) is 11.3 Å². The first-order chi connectivity index (χ1) is 16.3. The van der Waals surface area contributed by atoms with Crippen LogP contribution in [0.5, 0.6) is 0 Å². The summed E-state index contributed by atoms with van der Waals surface area (Å²) in [6.45, 7) is -1.66. The topological polar surface area (TPSA) is 62.3 Å². The molecule has 3 fully saturated rings. The van der Waals surface area contributed by atoms with Crippen LogP contribution in [0, 0.1) is 11.8 Å². The van der Waals surface area contributed by atoms with Crippen molar-refractivity contribution in [3.8, 4) is 10.6 Å². The number of hydrogen-bond acceptors (Lipinski definition) is 4. The standard InChI is InChI=1S/C23H24F5N3O2S2/c24-21(25)8-16(9-21)19-10-29-20(34-19)14-2-1-13-6-17-3-4-18(7-15(13)5-14)22(17)11-31(12-23(26,27)28)35(32,33)30-22/h1-2,5,10,16-18,30H,3-4,6-9,11-12H2/t17-,18+,22-/m1/s1. The summed E-state index contributed by atoms with van der Waals surface area (Å²) in [6.07, 6.45) is -0.570. The Balaban J connectivity index is 1.26. The number of alkyl halides is 5. The third-order valence-corrected chi connectivity index (χ3v) is 11.0. The van der Waals surface area contributed by atoms with Gasteiger partial charge in [-0.05, 0) is 54.7 Å². The second-order valence-corrected chi connectivity index (χ2v) is 13.2. The quantitative estimate of drug-likeness (QED) is 0.571. The maximum atomic E-state index is 13.3. The Morgan fingerprint density at radius 2 is 1.80 bits per heavy atom. The maximum absolute atomic E-state index is 13.3. The fourth-order valence-electron chi connectivity index (χ4n) is 6.45. The molecule has 2 bridgehead atoms. The molecule has 1 aromatic carbocycles. The molecule has 6 rings (SSSR count). The van der Waals surface area contributed by atoms with E-state index in [2.05, 4.69) is 9.71 Å². The summed E-state index contributed by atoms with van der Waals surface area (Å²) in [5.74, 6) is -2.95. The minimum atomic E-state index is -4.61. The number of halogens is 5. The van der Waals surface area contributed by atoms with Gasteiger partial charge in [0, 0.05) is 41.9 Å². The van der Waals surface area contributed by atoms with E-state index in [1.165, 1.54) is 11.3 Å². The molecule has 0 amide bonds. The largest absolute Gasteiger partial charge is 0.402 e. The number of nitrogens with zero attached hydrogens (tertiary/aromatic N) is 2. The molecule has 2 aromatic rings. The summed E-state index contributed by atoms with van der Waals surface area (Å²) in [5, 5.41) is 0.750. The molecule has 1 N–H and O–H groups in total. The SMILES string of the molecule is O=S1(=O)N[C@]2(CN1CC(F)(F)F)[C@@H]1CC[C@H]2Cc2cc(-c3ncc(C4CC(F)(F)C4)s3)ccc2C1. The van der Waals surface area contributed by atoms with Crippen LogP contribution in [-0.2, 0) is 23.1 Å². The highest BCUT2D eigenvalue weighted by molar-refractivity contribution is 7.87. The molecule has 12 heteroatoms. The summed E-state index contributed by atoms with van der Waals surface area (Å²) in [4.78, 5) is 5.31. The van der Waals surface area contributed by atoms with Crippen LogP contribution in [0.2, 0.25) is 0 Å². The summed E-state index contributed by atoms with van der Waals surface area (Å²) in [5.41, 5.74) is 2.09. The Kier molecular flexibility index (Phi) is 5.22. The van der Waals surface area contributed by atoms with E-state index in [1.807, 2.05) is 18.2 Å². The monoisotopic (exact) mass is 533 g/mol. The molecule has 1 aliphatic heterocycles. The lowest BCUT2D eigenvalue weighted by Gasteiger charge is -2.33. The van der Waals surface area contributed by atoms with E-state index in [0.29, 0.717) is 17.1 Å². The van der Waals surface area contributed by atoms with Gasteiger partial charge in [0.25, 0.3) is 10.2 Å². The van der Waals surface area contributed by atoms with Crippen molar-refractivity contribution in [1.82, 2.24) is 14.0 Å². The predicted octanol–water partition coefficient (Wildman–Crippen LogP) is 4.90. The lowest BCUT2D eigenvalue weighted by Crippen LogP contribution is -2.52. The summed E-state index contributed by atoms with van der Waals surface area (Å²) < 4.78 is 94.2. The number of hydrogen-bond donors (Lipinski definition) is 1. The van der Waals surface area contributed by atoms with Gasteiger partial charge in [0.05, 0.1) is 5.54 Å². The average molecular weight is 534 g/mol. The molecule has 1 aromatic heterocycles. The number of rotatable bonds is 3. The van der Waals surface area contributed by atoms with Gasteiger partial charge < -0.3 is 0 Å². The van der Waals surface area contributed by atoms with Gasteiger partial charge in [-0.1, -0.05) is 12.1 Å². The Labute approximate surface area is 203 Å². The fraction of sp³-hybridized carbons (Fsp3) is 0.609. The third-order valence-electron chi connectivity index (χ3n) is 8.17. The Morgan fingerprint density at radius 3 is 2.46 bits per heavy atom. The highest BCUT2D eigenvalue weighted by Crippen LogP contribution is 2.52. The second-order valence-electron chi connectivity index (χ2n) is 10.4. The molecule has 0 unspecified atom stereocenters. The molecule has 0 radical (unpaired) electrons. The average Bonchev–Trinajstić information content (AvgIpc) is 3.35. The molecule has 2 saturated carbocycles. The zero-order valence-electron chi connectivity index (χ0n) is 18.6. The molecule has 3 aliphatic carbocycles. The van der Waals surface area contributed by atoms with E-state index in [9.17, 15) is 30.4 Å². The van der Waals surface area contributed by atoms with Crippen molar-refractivity contribution in [1.29, 1.82) is 0 Å². The van der Waals surface area contributed by atoms with E-state index in [0.717, 1.165) is 39.4 Å². The van der Waals surface area contributed by atoms with Gasteiger partial charge in [-0.2, -0.15) is 30.6 Å². The summed E-state index contributed by atoms with van der Waals surface area (Å²) in [6, 6.07) is 5.96. The van der Waals surface area contributed by atoms with Gasteiger partial charge in [0.1, 0.15) is 11.6 Å². The van der Waals surface area contributed by atoms with Crippen molar-refractivity contribution in [2.75, 3.05) is 13.1 Å². The van der Waals surface area contributed by atoms with E-state index in [4.69, 9.17) is 0 Å². The third kappa shape index (κ3) is 4.10. The van der Waals surface area contributed by atoms with E-state index in [-0.39, 0.29) is 37.1 Å². The maximum Gasteiger partial charge on any atom is 0.402 e. The number of benzene rings is 1. The van der Waals surface area contributed by atoms with Gasteiger partial charge in [-0.3, -0.25) is 0 Å². The number of aromatic nitrogens is 1. The first-order valence-corrected chi connectivity index (χ1v) is 13.9. The first-order valence-electron chi connectivity index (χ1n) is 11.7. The lowest BCUT2D eigenvalue weighted by molar-refractivity contribution is -0.136. The minimum absolute atomic E-state index is 0.0839. The van der Waals surface area contributed by atoms with Gasteiger partial charge in [0.15, 0.2) is 0 Å². The Bertz CT molecular complexity index is 1270. The number of thiazole rings is 1. The first kappa shape index (κ1) is 23.7. The molecule has 1 saturated heterocycles. The van der Waals surface area contributed by atoms with Crippen LogP contribution in [-0.4, -0.2) is 48.4 Å². The Hall–Kier alpha value is -1.63. The van der Waals surface area contributed by atoms with Crippen molar-refractivity contribution in [2.45, 2.75) is 62.1 Å². The van der Waals surface area contributed by atoms with E-state index < -0.39 is 34.4 Å². The van der Waals surface area contributed by atoms with Crippen LogP contribution in [0.25, 0.3) is 10.6 Å². The van der Waals surface area contributed by atoms with Gasteiger partial charge in [-0.25, -0.2) is 13.8 Å². The highest BCUT2D eigenvalue weighted by Gasteiger charge is 2.60. The smallest absolute Gasteiger partial charge is 0.244 e. The summed E-state index contributed by atoms with van der Waals surface area (Å²) in [7, 11) is -4.22. The molecule has 2 heterocycles. The zero-order chi connectivity index (χ0) is 24.8. The van der Waals surface area contributed by atoms with Crippen LogP contribution in [0.3, 0.4) is 0 Å². The number of fused-ring (bicyclic) bond motifs is 1. The van der Waals surface area contributed by atoms with Crippen molar-refractivity contribution in [3.05, 3.63) is 40.4 Å². The van der Waals surface area contributed by atoms with Crippen LogP contribution in [0.15, 0.2) is 24.4 Å². The Morgan fingerprint density at radius 1 is 1.11 bits per heavy atom. The van der Waals surface area contributed by atoms with Crippen LogP contribution < -0.4 is 4.72 Å². The molecule has 1 spiro atoms. The molecule has 190 valence electrons. The molecule has 5 nitrogen and oxygen atoms in total. The van der Waals surface area contributed by atoms with Crippen molar-refractivity contribution in [3.63, 3.8) is 0 Å². The summed E-state index contributed by atoms with van der Waals surface area (Å²) >= 11 is 1.42. The minimum Gasteiger partial charge on any atom is -0.244 e. The zero-order valence-corrected chi connectivity index (χ0v) is 20.2. The highest BCUT2D eigenvalue weighted by atomic mass is 32.2. The molecule has 4 aliphatic rings. The van der Waals surface area contributed by atoms with Crippen molar-refractivity contribution < 1.29 is 30.4 Å². The molecular weight excluding hydrogens is 509 g/mol. The molecule has 3 atom stereocenters. The van der Waals surface area contributed by atoms with E-state index in [1.54, 1.807) is 6.20 Å². The van der Waals surface area contributed by atoms with Crippen LogP contribution in [0.1, 0.15) is 47.6 Å². The van der Waals surface area contributed by atoms with Crippen LogP contribution in [0.4, 0.5) is 22.0 Å².